The molecule has 1 fully saturated rings. The first-order chi connectivity index (χ1) is 14.1. The number of sulfonamides is 1. The maximum Gasteiger partial charge on any atom is 0.416 e. The lowest BCUT2D eigenvalue weighted by Gasteiger charge is -2.32. The molecule has 7 nitrogen and oxygen atoms in total. The van der Waals surface area contributed by atoms with Gasteiger partial charge in [-0.05, 0) is 43.2 Å². The molecule has 164 valence electrons. The molecule has 0 spiro atoms. The average Bonchev–Trinajstić information content (AvgIpc) is 2.73. The lowest BCUT2D eigenvalue weighted by Crippen LogP contribution is -2.42. The van der Waals surface area contributed by atoms with E-state index in [1.807, 2.05) is 0 Å². The number of halogens is 3. The van der Waals surface area contributed by atoms with Crippen LogP contribution in [0.4, 0.5) is 13.2 Å². The summed E-state index contributed by atoms with van der Waals surface area (Å²) >= 11 is 0. The van der Waals surface area contributed by atoms with E-state index in [4.69, 9.17) is 9.94 Å². The van der Waals surface area contributed by atoms with Gasteiger partial charge in [0.2, 0.25) is 10.0 Å². The van der Waals surface area contributed by atoms with Crippen LogP contribution in [0.2, 0.25) is 0 Å². The number of nitrogens with one attached hydrogen (secondary N) is 1. The molecule has 0 aliphatic carbocycles. The fourth-order valence-electron chi connectivity index (χ4n) is 3.26. The van der Waals surface area contributed by atoms with E-state index < -0.39 is 28.0 Å². The van der Waals surface area contributed by atoms with Gasteiger partial charge in [-0.15, -0.1) is 0 Å². The number of hydrogen-bond donors (Lipinski definition) is 3. The minimum atomic E-state index is -4.42. The number of rotatable bonds is 6. The highest BCUT2D eigenvalue weighted by molar-refractivity contribution is 7.89. The van der Waals surface area contributed by atoms with Crippen molar-refractivity contribution >= 4 is 10.0 Å². The van der Waals surface area contributed by atoms with Crippen molar-refractivity contribution in [2.24, 2.45) is 0 Å². The van der Waals surface area contributed by atoms with Gasteiger partial charge in [-0.1, -0.05) is 18.2 Å². The summed E-state index contributed by atoms with van der Waals surface area (Å²) in [6, 6.07) is 10.1. The summed E-state index contributed by atoms with van der Waals surface area (Å²) in [4.78, 5) is -0.124. The van der Waals surface area contributed by atoms with Gasteiger partial charge in [-0.25, -0.2) is 8.42 Å². The first kappa shape index (κ1) is 22.5. The largest absolute Gasteiger partial charge is 0.490 e. The van der Waals surface area contributed by atoms with Gasteiger partial charge < -0.3 is 15.1 Å². The predicted octanol–water partition coefficient (Wildman–Crippen LogP) is 2.91. The van der Waals surface area contributed by atoms with Crippen molar-refractivity contribution in [3.63, 3.8) is 0 Å². The Labute approximate surface area is 171 Å². The molecule has 1 atom stereocenters. The molecule has 1 aliphatic rings. The Hall–Kier alpha value is -2.18. The van der Waals surface area contributed by atoms with Crippen molar-refractivity contribution in [1.82, 2.24) is 9.79 Å². The van der Waals surface area contributed by atoms with Crippen molar-refractivity contribution in [2.45, 2.75) is 36.2 Å². The number of piperidine rings is 1. The van der Waals surface area contributed by atoms with Crippen LogP contribution in [0.3, 0.4) is 0 Å². The van der Waals surface area contributed by atoms with Gasteiger partial charge in [-0.2, -0.15) is 23.0 Å². The highest BCUT2D eigenvalue weighted by atomic mass is 32.2. The van der Waals surface area contributed by atoms with Crippen molar-refractivity contribution in [1.29, 1.82) is 0 Å². The highest BCUT2D eigenvalue weighted by Crippen LogP contribution is 2.31. The molecule has 3 N–H and O–H groups in total. The van der Waals surface area contributed by atoms with Crippen LogP contribution in [0, 0.1) is 0 Å². The molecule has 2 aromatic rings. The summed E-state index contributed by atoms with van der Waals surface area (Å²) in [5, 5.41) is 18.8. The third kappa shape index (κ3) is 4.93. The van der Waals surface area contributed by atoms with Gasteiger partial charge in [0, 0.05) is 18.7 Å². The van der Waals surface area contributed by atoms with Gasteiger partial charge in [-0.3, -0.25) is 0 Å². The normalized spacial score (nSPS) is 17.6. The van der Waals surface area contributed by atoms with E-state index >= 15 is 0 Å². The number of benzene rings is 2. The number of aliphatic hydroxyl groups excluding tert-OH is 1. The van der Waals surface area contributed by atoms with E-state index in [0.717, 1.165) is 12.1 Å². The average molecular weight is 446 g/mol. The van der Waals surface area contributed by atoms with Gasteiger partial charge in [0.25, 0.3) is 0 Å². The Morgan fingerprint density at radius 1 is 1.07 bits per heavy atom. The van der Waals surface area contributed by atoms with Crippen LogP contribution in [0.25, 0.3) is 0 Å². The van der Waals surface area contributed by atoms with Gasteiger partial charge in [0.1, 0.15) is 11.9 Å². The second-order valence-corrected chi connectivity index (χ2v) is 8.72. The Bertz CT molecular complexity index is 959. The molecule has 1 unspecified atom stereocenters. The first-order valence-corrected chi connectivity index (χ1v) is 10.6. The molecule has 2 aromatic carbocycles. The molecule has 0 radical (unpaired) electrons. The number of nitrogens with zero attached hydrogens (tertiary/aromatic N) is 1. The van der Waals surface area contributed by atoms with E-state index in [0.29, 0.717) is 12.8 Å². The van der Waals surface area contributed by atoms with Crippen LogP contribution >= 0.6 is 0 Å². The Balaban J connectivity index is 1.65. The minimum absolute atomic E-state index is 0.0168. The SMILES string of the molecule is O=S(=O)(c1ccccc1C(O)NO)N1CCC(Oc2ccc(C(F)(F)F)cc2)CC1. The third-order valence-corrected chi connectivity index (χ3v) is 6.81. The number of ether oxygens (including phenoxy) is 1. The maximum atomic E-state index is 13.0. The molecule has 0 bridgehead atoms. The van der Waals surface area contributed by atoms with Crippen LogP contribution in [-0.4, -0.2) is 42.2 Å². The van der Waals surface area contributed by atoms with Crippen LogP contribution < -0.4 is 10.2 Å². The van der Waals surface area contributed by atoms with Crippen molar-refractivity contribution in [2.75, 3.05) is 13.1 Å². The molecular formula is C19H21F3N2O5S. The summed E-state index contributed by atoms with van der Waals surface area (Å²) in [7, 11) is -3.92. The zero-order valence-corrected chi connectivity index (χ0v) is 16.5. The second-order valence-electron chi connectivity index (χ2n) is 6.81. The topological polar surface area (TPSA) is 99.1 Å². The standard InChI is InChI=1S/C19H21F3N2O5S/c20-19(21,22)13-5-7-14(8-6-13)29-15-9-11-24(12-10-15)30(27,28)17-4-2-1-3-16(17)18(25)23-26/h1-8,15,18,23,25-26H,9-12H2. The molecule has 11 heteroatoms. The summed E-state index contributed by atoms with van der Waals surface area (Å²) < 4.78 is 70.8. The van der Waals surface area contributed by atoms with E-state index in [1.54, 1.807) is 11.5 Å². The van der Waals surface area contributed by atoms with E-state index in [2.05, 4.69) is 0 Å². The number of alkyl halides is 3. The number of hydroxylamine groups is 1. The van der Waals surface area contributed by atoms with Crippen molar-refractivity contribution in [3.05, 3.63) is 59.7 Å². The van der Waals surface area contributed by atoms with Crippen molar-refractivity contribution < 1.29 is 36.6 Å². The first-order valence-electron chi connectivity index (χ1n) is 9.13. The number of aliphatic hydroxyl groups is 1. The van der Waals surface area contributed by atoms with E-state index in [-0.39, 0.29) is 35.4 Å². The van der Waals surface area contributed by atoms with Gasteiger partial charge in [0.15, 0.2) is 6.23 Å². The van der Waals surface area contributed by atoms with E-state index in [1.165, 1.54) is 34.6 Å². The lowest BCUT2D eigenvalue weighted by molar-refractivity contribution is -0.137. The zero-order chi connectivity index (χ0) is 21.9. The van der Waals surface area contributed by atoms with Crippen LogP contribution in [0.5, 0.6) is 5.75 Å². The van der Waals surface area contributed by atoms with Crippen molar-refractivity contribution in [3.8, 4) is 5.75 Å². The molecule has 30 heavy (non-hydrogen) atoms. The second kappa shape index (κ2) is 8.90. The molecule has 1 heterocycles. The van der Waals surface area contributed by atoms with Crippen LogP contribution in [0.1, 0.15) is 30.2 Å². The molecule has 0 amide bonds. The maximum absolute atomic E-state index is 13.0. The predicted molar refractivity (Wildman–Crippen MR) is 100 cm³/mol. The quantitative estimate of drug-likeness (QED) is 0.466. The monoisotopic (exact) mass is 446 g/mol. The van der Waals surface area contributed by atoms with E-state index in [9.17, 15) is 26.7 Å². The summed E-state index contributed by atoms with van der Waals surface area (Å²) in [5.41, 5.74) is 0.874. The summed E-state index contributed by atoms with van der Waals surface area (Å²) in [5.74, 6) is 0.284. The summed E-state index contributed by atoms with van der Waals surface area (Å²) in [6.45, 7) is 0.287. The Morgan fingerprint density at radius 3 is 2.23 bits per heavy atom. The highest BCUT2D eigenvalue weighted by Gasteiger charge is 2.33. The Kier molecular flexibility index (Phi) is 6.68. The fraction of sp³-hybridized carbons (Fsp3) is 0.368. The molecule has 0 saturated carbocycles. The third-order valence-electron chi connectivity index (χ3n) is 4.84. The smallest absolute Gasteiger partial charge is 0.416 e. The molecular weight excluding hydrogens is 425 g/mol. The van der Waals surface area contributed by atoms with Gasteiger partial charge >= 0.3 is 6.18 Å². The minimum Gasteiger partial charge on any atom is -0.490 e. The molecule has 3 rings (SSSR count). The van der Waals surface area contributed by atoms with Gasteiger partial charge in [0.05, 0.1) is 10.5 Å². The fourth-order valence-corrected chi connectivity index (χ4v) is 4.95. The molecule has 1 aliphatic heterocycles. The Morgan fingerprint density at radius 2 is 1.67 bits per heavy atom. The zero-order valence-electron chi connectivity index (χ0n) is 15.7. The molecule has 1 saturated heterocycles. The lowest BCUT2D eigenvalue weighted by atomic mass is 10.1. The van der Waals surface area contributed by atoms with Crippen LogP contribution in [-0.2, 0) is 16.2 Å². The molecule has 0 aromatic heterocycles. The summed E-state index contributed by atoms with van der Waals surface area (Å²) in [6.07, 6.45) is -5.62. The number of hydrogen-bond acceptors (Lipinski definition) is 6. The van der Waals surface area contributed by atoms with Crippen LogP contribution in [0.15, 0.2) is 53.4 Å².